The van der Waals surface area contributed by atoms with Gasteiger partial charge in [0.2, 0.25) is 6.41 Å². The molecule has 0 aromatic rings. The van der Waals surface area contributed by atoms with Crippen LogP contribution in [0.2, 0.25) is 0 Å². The highest BCUT2D eigenvalue weighted by atomic mass is 32.2. The summed E-state index contributed by atoms with van der Waals surface area (Å²) in [7, 11) is 0. The lowest BCUT2D eigenvalue weighted by Crippen LogP contribution is -2.49. The Hall–Kier alpha value is -0.180. The molecule has 1 heterocycles. The number of thioether (sulfide) groups is 1. The minimum absolute atomic E-state index is 0.0741. The Balaban J connectivity index is 2.59. The fourth-order valence-corrected chi connectivity index (χ4v) is 2.20. The van der Waals surface area contributed by atoms with Crippen molar-refractivity contribution in [2.24, 2.45) is 0 Å². The van der Waals surface area contributed by atoms with Gasteiger partial charge in [-0.3, -0.25) is 4.79 Å². The fourth-order valence-electron chi connectivity index (χ4n) is 1.07. The van der Waals surface area contributed by atoms with Gasteiger partial charge < -0.3 is 4.90 Å². The third-order valence-corrected chi connectivity index (χ3v) is 3.22. The molecule has 1 amide bonds. The van der Waals surface area contributed by atoms with Gasteiger partial charge in [0.25, 0.3) is 0 Å². The average Bonchev–Trinajstić information content (AvgIpc) is 1.87. The van der Waals surface area contributed by atoms with Crippen molar-refractivity contribution >= 4 is 18.2 Å². The van der Waals surface area contributed by atoms with Crippen LogP contribution in [0.4, 0.5) is 0 Å². The van der Waals surface area contributed by atoms with E-state index in [0.717, 1.165) is 24.5 Å². The maximum absolute atomic E-state index is 10.5. The van der Waals surface area contributed by atoms with Crippen LogP contribution in [0.1, 0.15) is 13.8 Å². The van der Waals surface area contributed by atoms with Gasteiger partial charge in [-0.15, -0.1) is 0 Å². The van der Waals surface area contributed by atoms with Gasteiger partial charge in [-0.2, -0.15) is 11.8 Å². The second kappa shape index (κ2) is 2.82. The molecule has 1 aliphatic rings. The standard InChI is InChI=1S/C7H13NOS/c1-7(2)5-10-4-3-8(7)6-9/h6H,3-5H2,1-2H3. The lowest BCUT2D eigenvalue weighted by atomic mass is 10.1. The average molecular weight is 159 g/mol. The summed E-state index contributed by atoms with van der Waals surface area (Å²) < 4.78 is 0. The van der Waals surface area contributed by atoms with Crippen molar-refractivity contribution in [2.75, 3.05) is 18.1 Å². The molecule has 0 aromatic heterocycles. The summed E-state index contributed by atoms with van der Waals surface area (Å²) in [6.45, 7) is 5.11. The lowest BCUT2D eigenvalue weighted by molar-refractivity contribution is -0.122. The van der Waals surface area contributed by atoms with Gasteiger partial charge in [0, 0.05) is 23.6 Å². The molecule has 0 aromatic carbocycles. The van der Waals surface area contributed by atoms with E-state index in [1.54, 1.807) is 0 Å². The van der Waals surface area contributed by atoms with Gasteiger partial charge in [-0.25, -0.2) is 0 Å². The Labute approximate surface area is 66.0 Å². The van der Waals surface area contributed by atoms with Gasteiger partial charge >= 0.3 is 0 Å². The van der Waals surface area contributed by atoms with Gasteiger partial charge in [0.1, 0.15) is 0 Å². The monoisotopic (exact) mass is 159 g/mol. The van der Waals surface area contributed by atoms with Crippen molar-refractivity contribution in [3.63, 3.8) is 0 Å². The van der Waals surface area contributed by atoms with Crippen molar-refractivity contribution in [3.05, 3.63) is 0 Å². The zero-order valence-corrected chi connectivity index (χ0v) is 7.28. The van der Waals surface area contributed by atoms with Crippen LogP contribution in [0.3, 0.4) is 0 Å². The second-order valence-corrected chi connectivity index (χ2v) is 4.27. The van der Waals surface area contributed by atoms with E-state index >= 15 is 0 Å². The van der Waals surface area contributed by atoms with E-state index in [1.807, 2.05) is 16.7 Å². The predicted octanol–water partition coefficient (Wildman–Crippen LogP) is 0.970. The molecule has 3 heteroatoms. The van der Waals surface area contributed by atoms with Crippen LogP contribution < -0.4 is 0 Å². The molecular weight excluding hydrogens is 146 g/mol. The third-order valence-electron chi connectivity index (χ3n) is 1.84. The van der Waals surface area contributed by atoms with Crippen LogP contribution in [0.5, 0.6) is 0 Å². The number of nitrogens with zero attached hydrogens (tertiary/aromatic N) is 1. The first-order valence-electron chi connectivity index (χ1n) is 3.46. The number of amides is 1. The van der Waals surface area contributed by atoms with Gasteiger partial charge in [-0.1, -0.05) is 0 Å². The van der Waals surface area contributed by atoms with E-state index < -0.39 is 0 Å². The topological polar surface area (TPSA) is 20.3 Å². The summed E-state index contributed by atoms with van der Waals surface area (Å²) in [6, 6.07) is 0. The van der Waals surface area contributed by atoms with Crippen LogP contribution >= 0.6 is 11.8 Å². The highest BCUT2D eigenvalue weighted by molar-refractivity contribution is 7.99. The molecule has 0 spiro atoms. The zero-order valence-electron chi connectivity index (χ0n) is 6.46. The highest BCUT2D eigenvalue weighted by Gasteiger charge is 2.28. The second-order valence-electron chi connectivity index (χ2n) is 3.16. The summed E-state index contributed by atoms with van der Waals surface area (Å²) >= 11 is 1.92. The predicted molar refractivity (Wildman–Crippen MR) is 44.2 cm³/mol. The van der Waals surface area contributed by atoms with Crippen molar-refractivity contribution < 1.29 is 4.79 Å². The molecular formula is C7H13NOS. The molecule has 0 saturated carbocycles. The van der Waals surface area contributed by atoms with Crippen LogP contribution in [0.15, 0.2) is 0 Å². The minimum atomic E-state index is 0.0741. The largest absolute Gasteiger partial charge is 0.338 e. The minimum Gasteiger partial charge on any atom is -0.338 e. The summed E-state index contributed by atoms with van der Waals surface area (Å²) in [5.41, 5.74) is 0.0741. The first-order valence-corrected chi connectivity index (χ1v) is 4.62. The molecule has 0 atom stereocenters. The van der Waals surface area contributed by atoms with Crippen LogP contribution in [0, 0.1) is 0 Å². The number of hydrogen-bond acceptors (Lipinski definition) is 2. The molecule has 1 aliphatic heterocycles. The summed E-state index contributed by atoms with van der Waals surface area (Å²) in [6.07, 6.45) is 0.958. The Kier molecular flexibility index (Phi) is 2.24. The van der Waals surface area contributed by atoms with Crippen molar-refractivity contribution in [1.82, 2.24) is 4.90 Å². The Morgan fingerprint density at radius 2 is 2.30 bits per heavy atom. The van der Waals surface area contributed by atoms with Crippen LogP contribution in [-0.2, 0) is 4.79 Å². The SMILES string of the molecule is CC1(C)CSCCN1C=O. The normalized spacial score (nSPS) is 24.4. The zero-order chi connectivity index (χ0) is 7.61. The van der Waals surface area contributed by atoms with Crippen molar-refractivity contribution in [2.45, 2.75) is 19.4 Å². The van der Waals surface area contributed by atoms with E-state index in [2.05, 4.69) is 13.8 Å². The van der Waals surface area contributed by atoms with E-state index in [0.29, 0.717) is 0 Å². The highest BCUT2D eigenvalue weighted by Crippen LogP contribution is 2.23. The van der Waals surface area contributed by atoms with Crippen LogP contribution in [-0.4, -0.2) is 34.9 Å². The molecule has 0 radical (unpaired) electrons. The summed E-state index contributed by atoms with van der Waals surface area (Å²) in [5, 5.41) is 0. The molecule has 0 unspecified atom stereocenters. The molecule has 2 nitrogen and oxygen atoms in total. The van der Waals surface area contributed by atoms with E-state index in [4.69, 9.17) is 0 Å². The Morgan fingerprint density at radius 1 is 1.60 bits per heavy atom. The maximum Gasteiger partial charge on any atom is 0.210 e. The number of carbonyl (C=O) groups excluding carboxylic acids is 1. The van der Waals surface area contributed by atoms with Gasteiger partial charge in [-0.05, 0) is 13.8 Å². The Bertz CT molecular complexity index is 136. The quantitative estimate of drug-likeness (QED) is 0.531. The van der Waals surface area contributed by atoms with E-state index in [9.17, 15) is 4.79 Å². The molecule has 1 rings (SSSR count). The first-order chi connectivity index (χ1) is 4.67. The fraction of sp³-hybridized carbons (Fsp3) is 0.857. The molecule has 0 N–H and O–H groups in total. The van der Waals surface area contributed by atoms with Gasteiger partial charge in [0.15, 0.2) is 0 Å². The summed E-state index contributed by atoms with van der Waals surface area (Å²) in [5.74, 6) is 2.15. The molecule has 10 heavy (non-hydrogen) atoms. The molecule has 1 fully saturated rings. The smallest absolute Gasteiger partial charge is 0.210 e. The third kappa shape index (κ3) is 1.45. The molecule has 0 aliphatic carbocycles. The molecule has 0 bridgehead atoms. The maximum atomic E-state index is 10.5. The van der Waals surface area contributed by atoms with Crippen molar-refractivity contribution in [3.8, 4) is 0 Å². The summed E-state index contributed by atoms with van der Waals surface area (Å²) in [4.78, 5) is 12.4. The Morgan fingerprint density at radius 3 is 2.70 bits per heavy atom. The number of rotatable bonds is 1. The lowest BCUT2D eigenvalue weighted by Gasteiger charge is -2.39. The van der Waals surface area contributed by atoms with E-state index in [-0.39, 0.29) is 5.54 Å². The number of hydrogen-bond donors (Lipinski definition) is 0. The number of carbonyl (C=O) groups is 1. The van der Waals surface area contributed by atoms with E-state index in [1.165, 1.54) is 0 Å². The molecule has 1 saturated heterocycles. The van der Waals surface area contributed by atoms with Crippen LogP contribution in [0.25, 0.3) is 0 Å². The molecule has 58 valence electrons. The van der Waals surface area contributed by atoms with Crippen molar-refractivity contribution in [1.29, 1.82) is 0 Å². The first kappa shape index (κ1) is 7.92. The van der Waals surface area contributed by atoms with Gasteiger partial charge in [0.05, 0.1) is 0 Å².